The highest BCUT2D eigenvalue weighted by atomic mass is 28.3. The summed E-state index contributed by atoms with van der Waals surface area (Å²) in [6.45, 7) is -0.235. The fraction of sp³-hybridized carbons (Fsp3) is 0. The number of aromatic nitrogens is 1. The molecule has 18 aromatic carbocycles. The van der Waals surface area contributed by atoms with Crippen LogP contribution in [0.3, 0.4) is 0 Å². The van der Waals surface area contributed by atoms with Gasteiger partial charge in [-0.15, -0.1) is 0 Å². The lowest BCUT2D eigenvalue weighted by molar-refractivity contribution is 1.16. The van der Waals surface area contributed by atoms with Gasteiger partial charge in [-0.25, -0.2) is 0 Å². The molecule has 3 nitrogen and oxygen atoms in total. The Bertz CT molecular complexity index is 6460. The maximum absolute atomic E-state index is 3.21. The van der Waals surface area contributed by atoms with Crippen molar-refractivity contribution in [2.75, 3.05) is 9.80 Å². The Balaban J connectivity index is 0.913. The van der Waals surface area contributed by atoms with E-state index in [1.807, 2.05) is 0 Å². The third kappa shape index (κ3) is 11.1. The summed E-state index contributed by atoms with van der Waals surface area (Å²) >= 11 is 0. The predicted molar refractivity (Wildman–Crippen MR) is 489 cm³/mol. The van der Waals surface area contributed by atoms with Crippen LogP contribution in [0.15, 0.2) is 461 Å². The van der Waals surface area contributed by atoms with E-state index in [0.29, 0.717) is 0 Å². The molecule has 21 rings (SSSR count). The molecule has 0 fully saturated rings. The second kappa shape index (κ2) is 28.6. The van der Waals surface area contributed by atoms with Gasteiger partial charge in [-0.2, -0.15) is 0 Å². The van der Waals surface area contributed by atoms with E-state index in [1.54, 1.807) is 0 Å². The Hall–Kier alpha value is -14.1. The number of benzene rings is 18. The lowest BCUT2D eigenvalue weighted by Crippen LogP contribution is -2.75. The minimum Gasteiger partial charge on any atom is -0.311 e. The molecule has 0 atom stereocenters. The smallest absolute Gasteiger partial charge is 0.252 e. The van der Waals surface area contributed by atoms with Gasteiger partial charge >= 0.3 is 0 Å². The van der Waals surface area contributed by atoms with Crippen molar-refractivity contribution in [1.29, 1.82) is 0 Å². The van der Waals surface area contributed by atoms with E-state index >= 15 is 0 Å². The number of anilines is 6. The van der Waals surface area contributed by atoms with Crippen molar-refractivity contribution in [1.82, 2.24) is 4.57 Å². The first kappa shape index (κ1) is 67.9. The molecule has 114 heavy (non-hydrogen) atoms. The molecule has 0 aliphatic carbocycles. The zero-order valence-electron chi connectivity index (χ0n) is 62.8. The second-order valence-corrected chi connectivity index (χ2v) is 37.7. The SMILES string of the molecule is c1ccc(-c2cccc(-c3ccccc3)c2-c2ccc3c(c2)c2ccccc2n3-c2cc3c4c(c2)N(c2c(-c5ccccc5)cccc2-c2ccccc2)c2ccccc2B4c2ccc([Si](c4ccccc4)(c4ccccc4)c4ccccc4)cc2N3c2cccc([Si](c3ccccc3)(c3ccccc3)c3ccccc3)c2)cc1. The average Bonchev–Trinajstić information content (AvgIpc) is 0.799. The first-order valence-corrected chi connectivity index (χ1v) is 43.6. The molecule has 0 bridgehead atoms. The average molecular weight is 1480 g/mol. The Labute approximate surface area is 668 Å². The van der Waals surface area contributed by atoms with Crippen LogP contribution in [-0.2, 0) is 0 Å². The highest BCUT2D eigenvalue weighted by Gasteiger charge is 2.49. The van der Waals surface area contributed by atoms with Crippen LogP contribution in [0.25, 0.3) is 83.1 Å². The highest BCUT2D eigenvalue weighted by Crippen LogP contribution is 2.52. The van der Waals surface area contributed by atoms with Crippen LogP contribution in [0.4, 0.5) is 34.1 Å². The third-order valence-electron chi connectivity index (χ3n) is 24.1. The molecule has 6 heteroatoms. The predicted octanol–water partition coefficient (Wildman–Crippen LogP) is 20.0. The summed E-state index contributed by atoms with van der Waals surface area (Å²) in [6, 6.07) is 175. The minimum absolute atomic E-state index is 0.235. The van der Waals surface area contributed by atoms with Gasteiger partial charge in [-0.1, -0.05) is 406 Å². The summed E-state index contributed by atoms with van der Waals surface area (Å²) in [6.07, 6.45) is 0. The zero-order valence-corrected chi connectivity index (χ0v) is 64.8. The lowest BCUT2D eigenvalue weighted by Gasteiger charge is -2.46. The largest absolute Gasteiger partial charge is 0.311 e. The van der Waals surface area contributed by atoms with E-state index < -0.39 is 16.1 Å². The maximum Gasteiger partial charge on any atom is 0.252 e. The number of nitrogens with zero attached hydrogens (tertiary/aromatic N) is 3. The first-order valence-electron chi connectivity index (χ1n) is 39.6. The van der Waals surface area contributed by atoms with Gasteiger partial charge in [0.15, 0.2) is 16.1 Å². The minimum atomic E-state index is -3.21. The molecule has 0 saturated heterocycles. The summed E-state index contributed by atoms with van der Waals surface area (Å²) in [5.41, 5.74) is 25.3. The van der Waals surface area contributed by atoms with Crippen molar-refractivity contribution in [3.05, 3.63) is 461 Å². The highest BCUT2D eigenvalue weighted by molar-refractivity contribution is 7.20. The Kier molecular flexibility index (Phi) is 17.1. The lowest BCUT2D eigenvalue weighted by atomic mass is 9.33. The number of fused-ring (bicyclic) bond motifs is 7. The number of hydrogen-bond donors (Lipinski definition) is 0. The number of para-hydroxylation sites is 3. The second-order valence-electron chi connectivity index (χ2n) is 30.1. The van der Waals surface area contributed by atoms with Gasteiger partial charge in [0.2, 0.25) is 0 Å². The molecule has 0 N–H and O–H groups in total. The van der Waals surface area contributed by atoms with Crippen molar-refractivity contribution in [3.8, 4) is 61.3 Å². The quantitative estimate of drug-likeness (QED) is 0.0706. The van der Waals surface area contributed by atoms with E-state index in [-0.39, 0.29) is 6.71 Å². The van der Waals surface area contributed by atoms with Crippen molar-refractivity contribution in [3.63, 3.8) is 0 Å². The summed E-state index contributed by atoms with van der Waals surface area (Å²) in [5.74, 6) is 0. The number of hydrogen-bond acceptors (Lipinski definition) is 2. The van der Waals surface area contributed by atoms with E-state index in [9.17, 15) is 0 Å². The normalized spacial score (nSPS) is 12.3. The molecule has 1 aromatic heterocycles. The molecule has 0 amide bonds. The molecule has 3 heterocycles. The maximum atomic E-state index is 2.71. The molecule has 0 saturated carbocycles. The van der Waals surface area contributed by atoms with Crippen molar-refractivity contribution < 1.29 is 0 Å². The van der Waals surface area contributed by atoms with Gasteiger partial charge in [0.1, 0.15) is 0 Å². The monoisotopic (exact) mass is 1480 g/mol. The summed E-state index contributed by atoms with van der Waals surface area (Å²) < 4.78 is 2.58. The fourth-order valence-corrected chi connectivity index (χ4v) is 28.8. The molecule has 2 aliphatic heterocycles. The first-order chi connectivity index (χ1) is 56.6. The van der Waals surface area contributed by atoms with Gasteiger partial charge < -0.3 is 14.4 Å². The molecular weight excluding hydrogens is 1410 g/mol. The van der Waals surface area contributed by atoms with Gasteiger partial charge in [0.25, 0.3) is 6.71 Å². The Morgan fingerprint density at radius 1 is 0.202 bits per heavy atom. The topological polar surface area (TPSA) is 11.4 Å². The van der Waals surface area contributed by atoms with Crippen molar-refractivity contribution in [2.45, 2.75) is 0 Å². The Morgan fingerprint density at radius 3 is 1.05 bits per heavy atom. The zero-order chi connectivity index (χ0) is 75.5. The van der Waals surface area contributed by atoms with Crippen LogP contribution in [0, 0.1) is 0 Å². The third-order valence-corrected chi connectivity index (χ3v) is 33.6. The standard InChI is InChI=1S/C108H76BN3Si2/c1-11-38-77(39-12-1)92-61-36-62-93(78-40-13-2-14-41-78)106(92)81-68-71-101-97(72-81)96-60-31-33-66-100(96)111(101)83-74-104-107-105(75-83)112(108-94(79-42-15-3-16-43-79)63-37-64-95(108)80-44-17-4-18-45-80)102-67-34-32-65-98(102)109(107)99-70-69-91(114(87-53-25-8-26-54-87,88-55-27-9-28-56-88)89-57-29-10-30-58-89)76-103(99)110(104)82-46-35-59-90(73-82)113(84-47-19-5-20-48-84,85-49-21-6-22-50-85)86-51-23-7-24-52-86/h1-76H. The Morgan fingerprint density at radius 2 is 0.570 bits per heavy atom. The van der Waals surface area contributed by atoms with Crippen LogP contribution in [-0.4, -0.2) is 27.4 Å². The van der Waals surface area contributed by atoms with Crippen LogP contribution >= 0.6 is 0 Å². The number of rotatable bonds is 16. The van der Waals surface area contributed by atoms with Crippen molar-refractivity contribution >= 4 is 137 Å². The molecule has 534 valence electrons. The van der Waals surface area contributed by atoms with Gasteiger partial charge in [0, 0.05) is 50.3 Å². The molecular formula is C108H76BN3Si2. The van der Waals surface area contributed by atoms with E-state index in [1.165, 1.54) is 96.5 Å². The van der Waals surface area contributed by atoms with Gasteiger partial charge in [-0.05, 0) is 157 Å². The molecule has 2 aliphatic rings. The fourth-order valence-electron chi connectivity index (χ4n) is 19.3. The molecule has 19 aromatic rings. The molecule has 0 spiro atoms. The van der Waals surface area contributed by atoms with Gasteiger partial charge in [0.05, 0.1) is 22.4 Å². The van der Waals surface area contributed by atoms with Crippen molar-refractivity contribution in [2.24, 2.45) is 0 Å². The summed E-state index contributed by atoms with van der Waals surface area (Å²) in [5, 5.41) is 12.8. The van der Waals surface area contributed by atoms with Gasteiger partial charge in [-0.3, -0.25) is 0 Å². The van der Waals surface area contributed by atoms with E-state index in [2.05, 4.69) is 475 Å². The summed E-state index contributed by atoms with van der Waals surface area (Å²) in [4.78, 5) is 5.38. The van der Waals surface area contributed by atoms with Crippen LogP contribution in [0.1, 0.15) is 0 Å². The van der Waals surface area contributed by atoms with Crippen LogP contribution in [0.2, 0.25) is 0 Å². The van der Waals surface area contributed by atoms with E-state index in [4.69, 9.17) is 0 Å². The van der Waals surface area contributed by atoms with Crippen LogP contribution in [0.5, 0.6) is 0 Å². The van der Waals surface area contributed by atoms with Crippen LogP contribution < -0.4 is 67.7 Å². The molecule has 0 radical (unpaired) electrons. The molecule has 0 unspecified atom stereocenters. The van der Waals surface area contributed by atoms with E-state index in [0.717, 1.165) is 78.7 Å². The summed E-state index contributed by atoms with van der Waals surface area (Å²) in [7, 11) is -6.38.